The van der Waals surface area contributed by atoms with Gasteiger partial charge in [0.1, 0.15) is 17.2 Å². The van der Waals surface area contributed by atoms with Crippen LogP contribution >= 0.6 is 11.6 Å². The van der Waals surface area contributed by atoms with Gasteiger partial charge in [0.05, 0.1) is 23.2 Å². The van der Waals surface area contributed by atoms with Crippen LogP contribution in [0, 0.1) is 12.9 Å². The van der Waals surface area contributed by atoms with Crippen molar-refractivity contribution in [1.82, 2.24) is 15.0 Å². The van der Waals surface area contributed by atoms with Crippen molar-refractivity contribution >= 4 is 23.7 Å². The SMILES string of the molecule is Cc1noc2c1-c1ccnc(F)c1C(O)(c1ccc(Cl)cc1)N(C(=O)OC(C)(C)C)C2CC(=O)OC(C)(C)C. The van der Waals surface area contributed by atoms with Crippen LogP contribution in [0.2, 0.25) is 5.02 Å². The highest BCUT2D eigenvalue weighted by molar-refractivity contribution is 6.30. The molecule has 1 aromatic carbocycles. The summed E-state index contributed by atoms with van der Waals surface area (Å²) in [6.07, 6.45) is -0.264. The number of amides is 1. The molecular formula is C28H31ClFN3O6. The van der Waals surface area contributed by atoms with Gasteiger partial charge in [0.15, 0.2) is 5.76 Å². The van der Waals surface area contributed by atoms with Crippen molar-refractivity contribution in [1.29, 1.82) is 0 Å². The van der Waals surface area contributed by atoms with Gasteiger partial charge in [0, 0.05) is 22.3 Å². The van der Waals surface area contributed by atoms with Crippen LogP contribution < -0.4 is 0 Å². The molecule has 3 aromatic rings. The van der Waals surface area contributed by atoms with E-state index in [9.17, 15) is 14.7 Å². The minimum atomic E-state index is -2.53. The van der Waals surface area contributed by atoms with E-state index in [0.717, 1.165) is 4.90 Å². The molecule has 1 N–H and O–H groups in total. The highest BCUT2D eigenvalue weighted by Gasteiger charge is 2.55. The summed E-state index contributed by atoms with van der Waals surface area (Å²) in [5, 5.41) is 17.1. The highest BCUT2D eigenvalue weighted by atomic mass is 35.5. The largest absolute Gasteiger partial charge is 0.460 e. The zero-order chi connectivity index (χ0) is 28.9. The summed E-state index contributed by atoms with van der Waals surface area (Å²) in [5.41, 5.74) is -3.78. The van der Waals surface area contributed by atoms with Gasteiger partial charge in [-0.05, 0) is 66.7 Å². The Balaban J connectivity index is 2.09. The van der Waals surface area contributed by atoms with E-state index in [0.29, 0.717) is 16.3 Å². The lowest BCUT2D eigenvalue weighted by molar-refractivity contribution is -0.159. The van der Waals surface area contributed by atoms with Crippen molar-refractivity contribution in [2.45, 2.75) is 77.9 Å². The number of carbonyl (C=O) groups excluding carboxylic acids is 2. The maximum atomic E-state index is 15.8. The minimum Gasteiger partial charge on any atom is -0.460 e. The Labute approximate surface area is 230 Å². The molecule has 3 heterocycles. The number of halogens is 2. The standard InChI is InChI=1S/C28H31ClFN3O6/c1-15-21-18-12-13-31-24(30)22(18)28(36,16-8-10-17(29)11-9-16)33(25(35)38-27(5,6)7)19(23(21)39-32-15)14-20(34)37-26(2,3)4/h8-13,19,36H,14H2,1-7H3. The van der Waals surface area contributed by atoms with Crippen molar-refractivity contribution in [3.05, 3.63) is 70.1 Å². The van der Waals surface area contributed by atoms with E-state index in [1.165, 1.54) is 36.5 Å². The van der Waals surface area contributed by atoms with Gasteiger partial charge >= 0.3 is 12.1 Å². The van der Waals surface area contributed by atoms with Gasteiger partial charge in [-0.25, -0.2) is 9.78 Å². The molecule has 2 aromatic heterocycles. The lowest BCUT2D eigenvalue weighted by Crippen LogP contribution is -2.54. The van der Waals surface area contributed by atoms with Gasteiger partial charge in [-0.15, -0.1) is 0 Å². The molecule has 4 rings (SSSR count). The van der Waals surface area contributed by atoms with E-state index >= 15 is 4.39 Å². The number of aryl methyl sites for hydroxylation is 1. The molecule has 0 fully saturated rings. The first-order valence-corrected chi connectivity index (χ1v) is 12.7. The third-order valence-electron chi connectivity index (χ3n) is 5.99. The van der Waals surface area contributed by atoms with E-state index in [2.05, 4.69) is 10.1 Å². The Bertz CT molecular complexity index is 1410. The number of benzene rings is 1. The summed E-state index contributed by atoms with van der Waals surface area (Å²) in [7, 11) is 0. The smallest absolute Gasteiger partial charge is 0.413 e. The first-order chi connectivity index (χ1) is 18.0. The van der Waals surface area contributed by atoms with Crippen LogP contribution in [0.25, 0.3) is 11.1 Å². The molecule has 0 radical (unpaired) electrons. The lowest BCUT2D eigenvalue weighted by atomic mass is 9.89. The fraction of sp³-hybridized carbons (Fsp3) is 0.429. The number of fused-ring (bicyclic) bond motifs is 3. The van der Waals surface area contributed by atoms with Gasteiger partial charge < -0.3 is 19.1 Å². The fourth-order valence-electron chi connectivity index (χ4n) is 4.64. The molecule has 2 unspecified atom stereocenters. The van der Waals surface area contributed by atoms with Crippen LogP contribution in [0.1, 0.15) is 76.6 Å². The van der Waals surface area contributed by atoms with Crippen LogP contribution in [0.4, 0.5) is 9.18 Å². The number of aliphatic hydroxyl groups is 1. The molecule has 11 heteroatoms. The second kappa shape index (κ2) is 9.91. The molecule has 1 aliphatic heterocycles. The average molecular weight is 560 g/mol. The monoisotopic (exact) mass is 559 g/mol. The summed E-state index contributed by atoms with van der Waals surface area (Å²) in [5.74, 6) is -1.67. The summed E-state index contributed by atoms with van der Waals surface area (Å²) >= 11 is 6.12. The molecule has 1 aliphatic rings. The van der Waals surface area contributed by atoms with Gasteiger partial charge in [0.2, 0.25) is 11.7 Å². The van der Waals surface area contributed by atoms with Crippen LogP contribution in [0.15, 0.2) is 41.1 Å². The number of nitrogens with zero attached hydrogens (tertiary/aromatic N) is 3. The number of pyridine rings is 1. The summed E-state index contributed by atoms with van der Waals surface area (Å²) in [6.45, 7) is 11.7. The van der Waals surface area contributed by atoms with Crippen molar-refractivity contribution in [3.8, 4) is 11.1 Å². The Morgan fingerprint density at radius 1 is 1.10 bits per heavy atom. The van der Waals surface area contributed by atoms with Gasteiger partial charge in [-0.3, -0.25) is 9.69 Å². The second-order valence-corrected chi connectivity index (χ2v) is 11.8. The molecule has 2 atom stereocenters. The lowest BCUT2D eigenvalue weighted by Gasteiger charge is -2.43. The predicted molar refractivity (Wildman–Crippen MR) is 140 cm³/mol. The summed E-state index contributed by atoms with van der Waals surface area (Å²) < 4.78 is 32.8. The molecule has 39 heavy (non-hydrogen) atoms. The normalized spacial score (nSPS) is 19.1. The molecule has 0 spiro atoms. The minimum absolute atomic E-state index is 0.0564. The Morgan fingerprint density at radius 3 is 2.31 bits per heavy atom. The molecule has 0 saturated heterocycles. The number of carbonyl (C=O) groups is 2. The van der Waals surface area contributed by atoms with E-state index in [1.54, 1.807) is 48.5 Å². The van der Waals surface area contributed by atoms with E-state index < -0.39 is 47.4 Å². The Morgan fingerprint density at radius 2 is 1.72 bits per heavy atom. The number of hydrogen-bond acceptors (Lipinski definition) is 8. The van der Waals surface area contributed by atoms with Crippen molar-refractivity contribution < 1.29 is 33.1 Å². The van der Waals surface area contributed by atoms with Crippen molar-refractivity contribution in [2.24, 2.45) is 0 Å². The van der Waals surface area contributed by atoms with Gasteiger partial charge in [0.25, 0.3) is 0 Å². The molecule has 1 amide bonds. The van der Waals surface area contributed by atoms with Crippen LogP contribution in [0.3, 0.4) is 0 Å². The first-order valence-electron chi connectivity index (χ1n) is 12.4. The van der Waals surface area contributed by atoms with Gasteiger partial charge in [-0.1, -0.05) is 28.9 Å². The number of rotatable bonds is 3. The van der Waals surface area contributed by atoms with Crippen LogP contribution in [-0.4, -0.2) is 43.4 Å². The third kappa shape index (κ3) is 5.49. The topological polar surface area (TPSA) is 115 Å². The van der Waals surface area contributed by atoms with Crippen molar-refractivity contribution in [3.63, 3.8) is 0 Å². The average Bonchev–Trinajstić information content (AvgIpc) is 3.13. The number of esters is 1. The third-order valence-corrected chi connectivity index (χ3v) is 6.24. The fourth-order valence-corrected chi connectivity index (χ4v) is 4.77. The molecular weight excluding hydrogens is 529 g/mol. The van der Waals surface area contributed by atoms with Crippen LogP contribution in [-0.2, 0) is 20.0 Å². The zero-order valence-corrected chi connectivity index (χ0v) is 23.6. The molecule has 0 aliphatic carbocycles. The summed E-state index contributed by atoms with van der Waals surface area (Å²) in [6, 6.07) is 6.07. The van der Waals surface area contributed by atoms with E-state index in [4.69, 9.17) is 25.6 Å². The number of ether oxygens (including phenoxy) is 2. The zero-order valence-electron chi connectivity index (χ0n) is 22.8. The first kappa shape index (κ1) is 28.5. The van der Waals surface area contributed by atoms with Crippen LogP contribution in [0.5, 0.6) is 0 Å². The second-order valence-electron chi connectivity index (χ2n) is 11.4. The summed E-state index contributed by atoms with van der Waals surface area (Å²) in [4.78, 5) is 31.9. The Hall–Kier alpha value is -3.50. The molecule has 0 saturated carbocycles. The van der Waals surface area contributed by atoms with E-state index in [-0.39, 0.29) is 22.5 Å². The maximum absolute atomic E-state index is 15.8. The number of hydrogen-bond donors (Lipinski definition) is 1. The number of aromatic nitrogens is 2. The quantitative estimate of drug-likeness (QED) is 0.304. The predicted octanol–water partition coefficient (Wildman–Crippen LogP) is 6.05. The molecule has 208 valence electrons. The molecule has 0 bridgehead atoms. The van der Waals surface area contributed by atoms with E-state index in [1.807, 2.05) is 0 Å². The van der Waals surface area contributed by atoms with Crippen molar-refractivity contribution in [2.75, 3.05) is 0 Å². The molecule has 9 nitrogen and oxygen atoms in total. The highest BCUT2D eigenvalue weighted by Crippen LogP contribution is 2.51. The Kier molecular flexibility index (Phi) is 7.24. The maximum Gasteiger partial charge on any atom is 0.413 e. The van der Waals surface area contributed by atoms with Gasteiger partial charge in [-0.2, -0.15) is 4.39 Å².